The molecule has 1 N–H and O–H groups in total. The van der Waals surface area contributed by atoms with Crippen LogP contribution in [0.5, 0.6) is 0 Å². The minimum Gasteiger partial charge on any atom is -0.346 e. The summed E-state index contributed by atoms with van der Waals surface area (Å²) in [7, 11) is 0. The van der Waals surface area contributed by atoms with E-state index in [1.165, 1.54) is 16.9 Å². The number of carbonyl (C=O) groups is 1. The van der Waals surface area contributed by atoms with Gasteiger partial charge in [0.2, 0.25) is 5.95 Å². The Hall–Kier alpha value is -3.60. The largest absolute Gasteiger partial charge is 0.346 e. The third-order valence-electron chi connectivity index (χ3n) is 5.97. The van der Waals surface area contributed by atoms with E-state index in [-0.39, 0.29) is 24.9 Å². The van der Waals surface area contributed by atoms with Gasteiger partial charge in [-0.15, -0.1) is 0 Å². The number of amides is 1. The molecule has 1 saturated carbocycles. The molecule has 0 saturated heterocycles. The molecular formula is C23H18BrF2N7O. The van der Waals surface area contributed by atoms with Gasteiger partial charge < -0.3 is 9.72 Å². The number of imidazole rings is 2. The average molecular weight is 526 g/mol. The van der Waals surface area contributed by atoms with Crippen LogP contribution in [-0.2, 0) is 13.1 Å². The van der Waals surface area contributed by atoms with E-state index in [9.17, 15) is 13.6 Å². The van der Waals surface area contributed by atoms with E-state index in [4.69, 9.17) is 0 Å². The summed E-state index contributed by atoms with van der Waals surface area (Å²) in [6.07, 6.45) is 9.91. The summed E-state index contributed by atoms with van der Waals surface area (Å²) >= 11 is 3.17. The quantitative estimate of drug-likeness (QED) is 0.339. The van der Waals surface area contributed by atoms with Gasteiger partial charge in [-0.25, -0.2) is 14.4 Å². The van der Waals surface area contributed by atoms with Crippen molar-refractivity contribution in [1.82, 2.24) is 33.9 Å². The van der Waals surface area contributed by atoms with Crippen LogP contribution in [0.25, 0.3) is 11.2 Å². The Bertz CT molecular complexity index is 1570. The van der Waals surface area contributed by atoms with E-state index in [1.54, 1.807) is 33.7 Å². The number of rotatable bonds is 6. The molecule has 1 aliphatic rings. The molecule has 5 aromatic heterocycles. The van der Waals surface area contributed by atoms with Crippen molar-refractivity contribution in [3.8, 4) is 0 Å². The van der Waals surface area contributed by atoms with Crippen LogP contribution in [-0.4, -0.2) is 34.5 Å². The molecule has 6 rings (SSSR count). The maximum Gasteiger partial charge on any atom is 0.254 e. The molecule has 1 fully saturated rings. The molecule has 0 bridgehead atoms. The number of hydrogen-bond acceptors (Lipinski definition) is 4. The summed E-state index contributed by atoms with van der Waals surface area (Å²) in [5.41, 5.74) is 2.95. The van der Waals surface area contributed by atoms with Crippen molar-refractivity contribution in [2.75, 3.05) is 0 Å². The Labute approximate surface area is 200 Å². The van der Waals surface area contributed by atoms with Crippen molar-refractivity contribution in [1.29, 1.82) is 0 Å². The van der Waals surface area contributed by atoms with Crippen molar-refractivity contribution in [2.45, 2.75) is 31.8 Å². The van der Waals surface area contributed by atoms with Crippen LogP contribution in [0.4, 0.5) is 8.78 Å². The number of pyridine rings is 2. The molecular weight excluding hydrogens is 508 g/mol. The van der Waals surface area contributed by atoms with Gasteiger partial charge in [-0.3, -0.25) is 13.9 Å². The summed E-state index contributed by atoms with van der Waals surface area (Å²) in [6, 6.07) is 5.22. The maximum absolute atomic E-state index is 14.8. The predicted octanol–water partition coefficient (Wildman–Crippen LogP) is 4.07. The fourth-order valence-electron chi connectivity index (χ4n) is 4.08. The number of nitrogens with one attached hydrogen (secondary N) is 1. The number of fused-ring (bicyclic) bond motifs is 2. The number of nitrogens with zero attached hydrogens (tertiary/aromatic N) is 6. The first kappa shape index (κ1) is 21.0. The molecule has 0 aliphatic heterocycles. The lowest BCUT2D eigenvalue weighted by atomic mass is 10.2. The van der Waals surface area contributed by atoms with E-state index in [0.717, 1.165) is 18.4 Å². The second-order valence-electron chi connectivity index (χ2n) is 8.35. The maximum atomic E-state index is 14.8. The van der Waals surface area contributed by atoms with Gasteiger partial charge in [-0.2, -0.15) is 9.49 Å². The molecule has 172 valence electrons. The zero-order chi connectivity index (χ0) is 23.4. The molecule has 0 radical (unpaired) electrons. The lowest BCUT2D eigenvalue weighted by Gasteiger charge is -2.04. The van der Waals surface area contributed by atoms with E-state index in [0.29, 0.717) is 38.5 Å². The van der Waals surface area contributed by atoms with Gasteiger partial charge in [0.1, 0.15) is 11.2 Å². The standard InChI is InChI=1S/C23H18BrF2N7O/c24-17-5-6-31-12-28-18(21(31)20(17)25)8-27-23(34)14-7-29-32(9-14)10-15-11-33-19(30-15)4-3-16(22(33)26)13-1-2-13/h3-7,9,11-13H,1-2,8,10H2,(H,27,34). The lowest BCUT2D eigenvalue weighted by molar-refractivity contribution is 0.0950. The van der Waals surface area contributed by atoms with Crippen LogP contribution in [0.2, 0.25) is 0 Å². The minimum absolute atomic E-state index is 0.0585. The fourth-order valence-corrected chi connectivity index (χ4v) is 4.39. The van der Waals surface area contributed by atoms with Crippen molar-refractivity contribution in [3.63, 3.8) is 0 Å². The SMILES string of the molecule is O=C(NCc1ncn2ccc(Br)c(F)c12)c1cnn(Cc2cn3c(F)c(C4CC4)ccc3n2)c1. The molecule has 5 heterocycles. The topological polar surface area (TPSA) is 81.5 Å². The summed E-state index contributed by atoms with van der Waals surface area (Å²) < 4.78 is 34.2. The van der Waals surface area contributed by atoms with Crippen LogP contribution < -0.4 is 5.32 Å². The highest BCUT2D eigenvalue weighted by molar-refractivity contribution is 9.10. The predicted molar refractivity (Wildman–Crippen MR) is 122 cm³/mol. The third-order valence-corrected chi connectivity index (χ3v) is 6.58. The average Bonchev–Trinajstić information content (AvgIpc) is 3.22. The van der Waals surface area contributed by atoms with Gasteiger partial charge >= 0.3 is 0 Å². The van der Waals surface area contributed by atoms with Crippen molar-refractivity contribution in [3.05, 3.63) is 88.1 Å². The molecule has 5 aromatic rings. The zero-order valence-corrected chi connectivity index (χ0v) is 19.3. The molecule has 0 spiro atoms. The third kappa shape index (κ3) is 3.65. The fraction of sp³-hybridized carbons (Fsp3) is 0.217. The first-order chi connectivity index (χ1) is 16.5. The summed E-state index contributed by atoms with van der Waals surface area (Å²) in [4.78, 5) is 21.3. The number of carbonyl (C=O) groups excluding carboxylic acids is 1. The van der Waals surface area contributed by atoms with Crippen molar-refractivity contribution < 1.29 is 13.6 Å². The van der Waals surface area contributed by atoms with E-state index in [2.05, 4.69) is 36.3 Å². The van der Waals surface area contributed by atoms with Crippen LogP contribution in [0.3, 0.4) is 0 Å². The minimum atomic E-state index is -0.440. The highest BCUT2D eigenvalue weighted by Gasteiger charge is 2.27. The molecule has 8 nitrogen and oxygen atoms in total. The number of aromatic nitrogens is 6. The Morgan fingerprint density at radius 1 is 1.21 bits per heavy atom. The second kappa shape index (κ2) is 8.01. The summed E-state index contributed by atoms with van der Waals surface area (Å²) in [6.45, 7) is 0.348. The molecule has 11 heteroatoms. The zero-order valence-electron chi connectivity index (χ0n) is 17.8. The Morgan fingerprint density at radius 2 is 2.06 bits per heavy atom. The lowest BCUT2D eigenvalue weighted by Crippen LogP contribution is -2.22. The van der Waals surface area contributed by atoms with Gasteiger partial charge in [0.05, 0.1) is 47.0 Å². The normalized spacial score (nSPS) is 13.7. The smallest absolute Gasteiger partial charge is 0.254 e. The molecule has 1 amide bonds. The Balaban J connectivity index is 1.16. The van der Waals surface area contributed by atoms with Crippen molar-refractivity contribution in [2.24, 2.45) is 0 Å². The summed E-state index contributed by atoms with van der Waals surface area (Å²) in [5.74, 6) is -0.765. The van der Waals surface area contributed by atoms with E-state index in [1.807, 2.05) is 12.1 Å². The molecule has 0 aromatic carbocycles. The Morgan fingerprint density at radius 3 is 2.88 bits per heavy atom. The van der Waals surface area contributed by atoms with E-state index < -0.39 is 5.82 Å². The van der Waals surface area contributed by atoms with E-state index >= 15 is 0 Å². The number of halogens is 3. The first-order valence-electron chi connectivity index (χ1n) is 10.7. The van der Waals surface area contributed by atoms with Crippen LogP contribution in [0.1, 0.15) is 46.1 Å². The van der Waals surface area contributed by atoms with Gasteiger partial charge in [0.25, 0.3) is 5.91 Å². The highest BCUT2D eigenvalue weighted by atomic mass is 79.9. The van der Waals surface area contributed by atoms with Gasteiger partial charge in [0.15, 0.2) is 5.82 Å². The molecule has 1 aliphatic carbocycles. The van der Waals surface area contributed by atoms with Crippen molar-refractivity contribution >= 4 is 33.0 Å². The highest BCUT2D eigenvalue weighted by Crippen LogP contribution is 2.41. The molecule has 34 heavy (non-hydrogen) atoms. The van der Waals surface area contributed by atoms with Crippen LogP contribution in [0.15, 0.2) is 53.8 Å². The monoisotopic (exact) mass is 525 g/mol. The van der Waals surface area contributed by atoms with Crippen LogP contribution in [0, 0.1) is 11.8 Å². The molecule has 0 unspecified atom stereocenters. The second-order valence-corrected chi connectivity index (χ2v) is 9.20. The van der Waals surface area contributed by atoms with Gasteiger partial charge in [-0.1, -0.05) is 6.07 Å². The summed E-state index contributed by atoms with van der Waals surface area (Å²) in [5, 5.41) is 6.98. The Kier molecular flexibility index (Phi) is 4.94. The first-order valence-corrected chi connectivity index (χ1v) is 11.5. The van der Waals surface area contributed by atoms with Gasteiger partial charge in [-0.05, 0) is 46.8 Å². The van der Waals surface area contributed by atoms with Crippen LogP contribution >= 0.6 is 15.9 Å². The van der Waals surface area contributed by atoms with Gasteiger partial charge in [0, 0.05) is 24.2 Å². The number of hydrogen-bond donors (Lipinski definition) is 1. The molecule has 0 atom stereocenters.